The summed E-state index contributed by atoms with van der Waals surface area (Å²) in [5.74, 6) is -1.30. The fourth-order valence-corrected chi connectivity index (χ4v) is 2.41. The summed E-state index contributed by atoms with van der Waals surface area (Å²) in [6, 6.07) is 15.0. The predicted molar refractivity (Wildman–Crippen MR) is 83.9 cm³/mol. The number of rotatable bonds is 3. The van der Waals surface area contributed by atoms with E-state index in [4.69, 9.17) is 0 Å². The zero-order valence-electron chi connectivity index (χ0n) is 12.6. The van der Waals surface area contributed by atoms with Gasteiger partial charge in [0, 0.05) is 5.56 Å². The molecule has 3 aromatic carbocycles. The summed E-state index contributed by atoms with van der Waals surface area (Å²) in [4.78, 5) is 0. The average Bonchev–Trinajstić information content (AvgIpc) is 2.55. The fraction of sp³-hybridized carbons (Fsp3) is 0.0526. The monoisotopic (exact) mass is 350 g/mol. The van der Waals surface area contributed by atoms with Crippen LogP contribution in [0.1, 0.15) is 0 Å². The molecule has 0 aliphatic carbocycles. The zero-order valence-corrected chi connectivity index (χ0v) is 12.6. The zero-order chi connectivity index (χ0) is 18.0. The van der Waals surface area contributed by atoms with E-state index < -0.39 is 12.2 Å². The lowest BCUT2D eigenvalue weighted by Gasteiger charge is -2.10. The van der Waals surface area contributed by atoms with Gasteiger partial charge in [0.1, 0.15) is 17.4 Å². The van der Waals surface area contributed by atoms with Crippen molar-refractivity contribution in [2.24, 2.45) is 0 Å². The van der Waals surface area contributed by atoms with Gasteiger partial charge in [0.2, 0.25) is 0 Å². The van der Waals surface area contributed by atoms with E-state index in [1.807, 2.05) is 0 Å². The summed E-state index contributed by atoms with van der Waals surface area (Å²) < 4.78 is 67.6. The van der Waals surface area contributed by atoms with Crippen LogP contribution < -0.4 is 4.74 Å². The Labute approximate surface area is 140 Å². The lowest BCUT2D eigenvalue weighted by Crippen LogP contribution is -2.16. The summed E-state index contributed by atoms with van der Waals surface area (Å²) in [5.41, 5.74) is 1.88. The molecule has 0 amide bonds. The molecule has 128 valence electrons. The van der Waals surface area contributed by atoms with Crippen LogP contribution in [0.3, 0.4) is 0 Å². The number of alkyl halides is 3. The fourth-order valence-electron chi connectivity index (χ4n) is 2.41. The summed E-state index contributed by atoms with van der Waals surface area (Å²) in [5, 5.41) is 0. The van der Waals surface area contributed by atoms with Gasteiger partial charge in [-0.15, -0.1) is 13.2 Å². The smallest absolute Gasteiger partial charge is 0.406 e. The number of benzene rings is 3. The first-order chi connectivity index (χ1) is 11.8. The first-order valence-electron chi connectivity index (χ1n) is 7.23. The van der Waals surface area contributed by atoms with E-state index in [0.29, 0.717) is 16.7 Å². The molecule has 3 rings (SSSR count). The van der Waals surface area contributed by atoms with Gasteiger partial charge in [-0.25, -0.2) is 8.78 Å². The van der Waals surface area contributed by atoms with E-state index in [1.165, 1.54) is 48.5 Å². The molecule has 0 spiro atoms. The molecule has 0 aliphatic heterocycles. The van der Waals surface area contributed by atoms with E-state index in [1.54, 1.807) is 6.07 Å². The first kappa shape index (κ1) is 17.0. The molecule has 0 atom stereocenters. The Morgan fingerprint density at radius 3 is 1.76 bits per heavy atom. The van der Waals surface area contributed by atoms with Gasteiger partial charge in [0.05, 0.1) is 0 Å². The second-order valence-corrected chi connectivity index (χ2v) is 5.27. The summed E-state index contributed by atoms with van der Waals surface area (Å²) in [6.45, 7) is 0. The van der Waals surface area contributed by atoms with Gasteiger partial charge in [-0.2, -0.15) is 0 Å². The van der Waals surface area contributed by atoms with Crippen molar-refractivity contribution in [2.45, 2.75) is 6.36 Å². The van der Waals surface area contributed by atoms with E-state index in [2.05, 4.69) is 4.74 Å². The quantitative estimate of drug-likeness (QED) is 0.511. The van der Waals surface area contributed by atoms with Crippen molar-refractivity contribution in [2.75, 3.05) is 0 Å². The van der Waals surface area contributed by atoms with Gasteiger partial charge in [-0.3, -0.25) is 0 Å². The van der Waals surface area contributed by atoms with Crippen molar-refractivity contribution >= 4 is 0 Å². The number of ether oxygens (including phenoxy) is 1. The molecule has 0 saturated heterocycles. The van der Waals surface area contributed by atoms with Crippen molar-refractivity contribution in [3.05, 3.63) is 78.4 Å². The molecule has 0 bridgehead atoms. The molecule has 0 radical (unpaired) electrons. The van der Waals surface area contributed by atoms with Gasteiger partial charge in [-0.1, -0.05) is 36.4 Å². The number of hydrogen-bond donors (Lipinski definition) is 0. The van der Waals surface area contributed by atoms with Gasteiger partial charge in [0.25, 0.3) is 0 Å². The highest BCUT2D eigenvalue weighted by Crippen LogP contribution is 2.30. The minimum atomic E-state index is -4.77. The third-order valence-corrected chi connectivity index (χ3v) is 3.55. The van der Waals surface area contributed by atoms with Crippen LogP contribution in [0.25, 0.3) is 22.3 Å². The summed E-state index contributed by atoms with van der Waals surface area (Å²) in [7, 11) is 0. The van der Waals surface area contributed by atoms with Crippen LogP contribution in [0.5, 0.6) is 5.75 Å². The molecule has 0 saturated carbocycles. The second kappa shape index (κ2) is 6.55. The minimum Gasteiger partial charge on any atom is -0.406 e. The van der Waals surface area contributed by atoms with Crippen LogP contribution in [0.15, 0.2) is 66.7 Å². The lowest BCUT2D eigenvalue weighted by molar-refractivity contribution is -0.274. The minimum absolute atomic E-state index is 0.240. The Balaban J connectivity index is 1.87. The molecular formula is C19H11F5O. The molecule has 0 aromatic heterocycles. The van der Waals surface area contributed by atoms with Crippen molar-refractivity contribution in [1.29, 1.82) is 0 Å². The predicted octanol–water partition coefficient (Wildman–Crippen LogP) is 6.20. The molecule has 0 aliphatic rings. The van der Waals surface area contributed by atoms with E-state index >= 15 is 0 Å². The van der Waals surface area contributed by atoms with Crippen LogP contribution in [0.2, 0.25) is 0 Å². The normalized spacial score (nSPS) is 11.4. The van der Waals surface area contributed by atoms with E-state index in [0.717, 1.165) is 12.1 Å². The maximum atomic E-state index is 14.4. The van der Waals surface area contributed by atoms with Crippen molar-refractivity contribution in [3.8, 4) is 28.0 Å². The molecule has 25 heavy (non-hydrogen) atoms. The molecule has 0 N–H and O–H groups in total. The van der Waals surface area contributed by atoms with Crippen LogP contribution >= 0.6 is 0 Å². The molecule has 6 heteroatoms. The Bertz CT molecular complexity index is 868. The highest BCUT2D eigenvalue weighted by atomic mass is 19.4. The topological polar surface area (TPSA) is 9.23 Å². The van der Waals surface area contributed by atoms with Crippen LogP contribution in [-0.2, 0) is 0 Å². The highest BCUT2D eigenvalue weighted by molar-refractivity contribution is 5.71. The van der Waals surface area contributed by atoms with Crippen LogP contribution in [-0.4, -0.2) is 6.36 Å². The van der Waals surface area contributed by atoms with E-state index in [9.17, 15) is 22.0 Å². The third-order valence-electron chi connectivity index (χ3n) is 3.55. The van der Waals surface area contributed by atoms with Gasteiger partial charge >= 0.3 is 6.36 Å². The van der Waals surface area contributed by atoms with Crippen LogP contribution in [0, 0.1) is 11.6 Å². The van der Waals surface area contributed by atoms with Gasteiger partial charge in [0.15, 0.2) is 0 Å². The molecule has 0 heterocycles. The summed E-state index contributed by atoms with van der Waals surface area (Å²) >= 11 is 0. The Kier molecular flexibility index (Phi) is 4.44. The number of hydrogen-bond acceptors (Lipinski definition) is 1. The molecule has 1 nitrogen and oxygen atoms in total. The van der Waals surface area contributed by atoms with Crippen molar-refractivity contribution < 1.29 is 26.7 Å². The largest absolute Gasteiger partial charge is 0.573 e. The first-order valence-corrected chi connectivity index (χ1v) is 7.23. The standard InChI is InChI=1S/C19H11F5O/c20-15-6-1-12(2-7-15)14-5-10-17(18(21)11-14)13-3-8-16(9-4-13)25-19(22,23)24/h1-11H. The highest BCUT2D eigenvalue weighted by Gasteiger charge is 2.31. The van der Waals surface area contributed by atoms with Crippen LogP contribution in [0.4, 0.5) is 22.0 Å². The average molecular weight is 350 g/mol. The third kappa shape index (κ3) is 4.15. The van der Waals surface area contributed by atoms with Gasteiger partial charge in [-0.05, 0) is 47.0 Å². The maximum Gasteiger partial charge on any atom is 0.573 e. The SMILES string of the molecule is Fc1ccc(-c2ccc(-c3ccc(OC(F)(F)F)cc3)c(F)c2)cc1. The molecular weight excluding hydrogens is 339 g/mol. The second-order valence-electron chi connectivity index (χ2n) is 5.27. The van der Waals surface area contributed by atoms with Gasteiger partial charge < -0.3 is 4.74 Å². The van der Waals surface area contributed by atoms with Crippen molar-refractivity contribution in [3.63, 3.8) is 0 Å². The maximum absolute atomic E-state index is 14.4. The molecule has 0 unspecified atom stereocenters. The van der Waals surface area contributed by atoms with E-state index in [-0.39, 0.29) is 17.1 Å². The molecule has 3 aromatic rings. The Morgan fingerprint density at radius 2 is 1.20 bits per heavy atom. The Hall–Kier alpha value is -2.89. The number of halogens is 5. The molecule has 0 fully saturated rings. The lowest BCUT2D eigenvalue weighted by atomic mass is 9.99. The van der Waals surface area contributed by atoms with Crippen molar-refractivity contribution in [1.82, 2.24) is 0 Å². The Morgan fingerprint density at radius 1 is 0.640 bits per heavy atom. The summed E-state index contributed by atoms with van der Waals surface area (Å²) in [6.07, 6.45) is -4.77.